The van der Waals surface area contributed by atoms with Crippen LogP contribution in [-0.2, 0) is 19.6 Å². The molecule has 11 nitrogen and oxygen atoms in total. The molecule has 1 saturated carbocycles. The van der Waals surface area contributed by atoms with E-state index in [1.54, 1.807) is 23.9 Å². The average molecular weight is 673 g/mol. The fourth-order valence-electron chi connectivity index (χ4n) is 5.59. The number of aromatic nitrogens is 2. The first-order valence-corrected chi connectivity index (χ1v) is 16.8. The summed E-state index contributed by atoms with van der Waals surface area (Å²) in [5, 5.41) is 20.3. The van der Waals surface area contributed by atoms with E-state index in [0.717, 1.165) is 29.1 Å². The summed E-state index contributed by atoms with van der Waals surface area (Å²) >= 11 is 3.43. The lowest BCUT2D eigenvalue weighted by Gasteiger charge is -2.26. The van der Waals surface area contributed by atoms with Crippen LogP contribution < -0.4 is 14.9 Å². The van der Waals surface area contributed by atoms with Gasteiger partial charge >= 0.3 is 5.97 Å². The van der Waals surface area contributed by atoms with Gasteiger partial charge in [0, 0.05) is 30.0 Å². The normalized spacial score (nSPS) is 18.4. The maximum atomic E-state index is 13.1. The number of sulfonamides is 1. The second-order valence-corrected chi connectivity index (χ2v) is 13.8. The Hall–Kier alpha value is -3.71. The Bertz CT molecular complexity index is 1700. The molecule has 0 aliphatic heterocycles. The first-order chi connectivity index (χ1) is 20.5. The van der Waals surface area contributed by atoms with Crippen LogP contribution in [0, 0.1) is 11.8 Å². The molecule has 3 N–H and O–H groups in total. The Morgan fingerprint density at radius 3 is 2.37 bits per heavy atom. The lowest BCUT2D eigenvalue weighted by molar-refractivity contribution is -0.147. The van der Waals surface area contributed by atoms with E-state index in [9.17, 15) is 27.9 Å². The highest BCUT2D eigenvalue weighted by molar-refractivity contribution is 9.10. The number of nitrogens with zero attached hydrogens (tertiary/aromatic N) is 3. The second-order valence-electron chi connectivity index (χ2n) is 11.0. The maximum absolute atomic E-state index is 13.1. The molecule has 228 valence electrons. The van der Waals surface area contributed by atoms with Gasteiger partial charge in [-0.3, -0.25) is 18.7 Å². The van der Waals surface area contributed by atoms with Crippen molar-refractivity contribution in [1.82, 2.24) is 20.4 Å². The van der Waals surface area contributed by atoms with E-state index in [1.807, 2.05) is 36.4 Å². The van der Waals surface area contributed by atoms with Gasteiger partial charge in [0.1, 0.15) is 5.69 Å². The van der Waals surface area contributed by atoms with Gasteiger partial charge in [0.2, 0.25) is 15.9 Å². The number of carbonyl (C=O) groups excluding carboxylic acids is 2. The van der Waals surface area contributed by atoms with E-state index >= 15 is 0 Å². The van der Waals surface area contributed by atoms with Crippen molar-refractivity contribution in [2.75, 3.05) is 30.7 Å². The van der Waals surface area contributed by atoms with Gasteiger partial charge in [-0.15, -0.1) is 0 Å². The van der Waals surface area contributed by atoms with Crippen molar-refractivity contribution in [1.29, 1.82) is 0 Å². The number of carbonyl (C=O) groups is 3. The first kappa shape index (κ1) is 30.7. The smallest absolute Gasteiger partial charge is 0.307 e. The molecule has 43 heavy (non-hydrogen) atoms. The number of hydrogen-bond acceptors (Lipinski definition) is 6. The van der Waals surface area contributed by atoms with Crippen LogP contribution in [0.4, 0.5) is 5.69 Å². The average Bonchev–Trinajstić information content (AvgIpc) is 3.76. The second kappa shape index (κ2) is 12.5. The molecular formula is C30H34BrN5O6S. The van der Waals surface area contributed by atoms with Gasteiger partial charge in [-0.05, 0) is 80.0 Å². The van der Waals surface area contributed by atoms with Crippen LogP contribution in [0.3, 0.4) is 0 Å². The fourth-order valence-corrected chi connectivity index (χ4v) is 6.83. The zero-order valence-corrected chi connectivity index (χ0v) is 26.3. The highest BCUT2D eigenvalue weighted by atomic mass is 79.9. The van der Waals surface area contributed by atoms with Crippen LogP contribution in [0.5, 0.6) is 0 Å². The third kappa shape index (κ3) is 6.62. The van der Waals surface area contributed by atoms with E-state index in [1.165, 1.54) is 4.31 Å². The quantitative estimate of drug-likeness (QED) is 0.206. The minimum Gasteiger partial charge on any atom is -0.481 e. The molecule has 2 aliphatic rings. The summed E-state index contributed by atoms with van der Waals surface area (Å²) in [6.45, 7) is 0.296. The third-order valence-corrected chi connectivity index (χ3v) is 9.65. The van der Waals surface area contributed by atoms with Gasteiger partial charge in [0.05, 0.1) is 35.0 Å². The zero-order chi connectivity index (χ0) is 30.9. The summed E-state index contributed by atoms with van der Waals surface area (Å²) in [5.74, 6) is -2.94. The van der Waals surface area contributed by atoms with Gasteiger partial charge in [-0.2, -0.15) is 5.10 Å². The highest BCUT2D eigenvalue weighted by Crippen LogP contribution is 2.46. The lowest BCUT2D eigenvalue weighted by Crippen LogP contribution is -2.40. The first-order valence-electron chi connectivity index (χ1n) is 14.2. The summed E-state index contributed by atoms with van der Waals surface area (Å²) < 4.78 is 30.0. The number of benzene rings is 2. The Morgan fingerprint density at radius 1 is 1.09 bits per heavy atom. The molecule has 2 atom stereocenters. The van der Waals surface area contributed by atoms with E-state index in [2.05, 4.69) is 26.6 Å². The molecule has 2 amide bonds. The predicted molar refractivity (Wildman–Crippen MR) is 167 cm³/mol. The molecule has 5 rings (SSSR count). The van der Waals surface area contributed by atoms with E-state index < -0.39 is 27.8 Å². The van der Waals surface area contributed by atoms with E-state index in [-0.39, 0.29) is 30.8 Å². The number of allylic oxidation sites excluding steroid dienone is 2. The van der Waals surface area contributed by atoms with Crippen LogP contribution in [0.2, 0.25) is 0 Å². The molecule has 0 spiro atoms. The Morgan fingerprint density at radius 2 is 1.77 bits per heavy atom. The highest BCUT2D eigenvalue weighted by Gasteiger charge is 2.35. The van der Waals surface area contributed by atoms with Crippen molar-refractivity contribution in [3.8, 4) is 5.69 Å². The number of hydrogen-bond donors (Lipinski definition) is 3. The standard InChI is InChI=1S/C30H34BrN5O6S/c1-32-29(38)27-24-16-23(18-8-9-18)26(17-25(24)34-36(27)20-12-10-19(31)11-13-20)35(43(2,41)42)15-5-14-33-28(37)21-6-3-4-7-22(21)30(39)40/h3-4,10-13,16-18,21-22H,5-9,14-15H2,1-2H3,(H,32,38)(H,33,37)(H,39,40)/t21-,22+/m0/s1. The summed E-state index contributed by atoms with van der Waals surface area (Å²) in [5.41, 5.74) is 2.87. The number of halogens is 1. The van der Waals surface area contributed by atoms with Crippen LogP contribution in [0.1, 0.15) is 54.1 Å². The van der Waals surface area contributed by atoms with Gasteiger partial charge in [-0.25, -0.2) is 13.1 Å². The lowest BCUT2D eigenvalue weighted by atomic mass is 9.82. The minimum atomic E-state index is -3.72. The van der Waals surface area contributed by atoms with Crippen molar-refractivity contribution < 1.29 is 27.9 Å². The number of carboxylic acid groups (broad SMARTS) is 1. The van der Waals surface area contributed by atoms with Crippen LogP contribution in [0.15, 0.2) is 53.0 Å². The molecule has 1 aromatic heterocycles. The van der Waals surface area contributed by atoms with Gasteiger partial charge < -0.3 is 15.7 Å². The molecule has 0 radical (unpaired) electrons. The number of aliphatic carboxylic acids is 1. The summed E-state index contributed by atoms with van der Waals surface area (Å²) in [6.07, 6.45) is 7.53. The molecular weight excluding hydrogens is 638 g/mol. The van der Waals surface area contributed by atoms with Crippen molar-refractivity contribution in [3.63, 3.8) is 0 Å². The Kier molecular flexibility index (Phi) is 8.93. The van der Waals surface area contributed by atoms with E-state index in [0.29, 0.717) is 47.2 Å². The number of anilines is 1. The van der Waals surface area contributed by atoms with Gasteiger partial charge in [-0.1, -0.05) is 28.1 Å². The molecule has 0 unspecified atom stereocenters. The van der Waals surface area contributed by atoms with Crippen molar-refractivity contribution >= 4 is 60.3 Å². The third-order valence-electron chi connectivity index (χ3n) is 7.94. The largest absolute Gasteiger partial charge is 0.481 e. The molecule has 2 aromatic carbocycles. The summed E-state index contributed by atoms with van der Waals surface area (Å²) in [6, 6.07) is 11.0. The summed E-state index contributed by atoms with van der Waals surface area (Å²) in [7, 11) is -2.17. The van der Waals surface area contributed by atoms with Crippen molar-refractivity contribution in [3.05, 3.63) is 64.3 Å². The zero-order valence-electron chi connectivity index (χ0n) is 23.9. The van der Waals surface area contributed by atoms with E-state index in [4.69, 9.17) is 5.10 Å². The molecule has 0 saturated heterocycles. The molecule has 1 heterocycles. The molecule has 13 heteroatoms. The SMILES string of the molecule is CNC(=O)c1c2cc(C3CC3)c(N(CCCNC(=O)[C@H]3CC=CC[C@H]3C(=O)O)S(C)(=O)=O)cc2nn1-c1ccc(Br)cc1. The Balaban J connectivity index is 1.44. The number of rotatable bonds is 11. The van der Waals surface area contributed by atoms with Crippen LogP contribution in [-0.4, -0.2) is 67.5 Å². The topological polar surface area (TPSA) is 151 Å². The molecule has 0 bridgehead atoms. The van der Waals surface area contributed by atoms with Crippen molar-refractivity contribution in [2.24, 2.45) is 11.8 Å². The fraction of sp³-hybridized carbons (Fsp3) is 0.400. The minimum absolute atomic E-state index is 0.104. The predicted octanol–water partition coefficient (Wildman–Crippen LogP) is 3.96. The number of carboxylic acids is 1. The molecule has 3 aromatic rings. The monoisotopic (exact) mass is 671 g/mol. The van der Waals surface area contributed by atoms with Crippen LogP contribution >= 0.6 is 15.9 Å². The van der Waals surface area contributed by atoms with Gasteiger partial charge in [0.15, 0.2) is 0 Å². The summed E-state index contributed by atoms with van der Waals surface area (Å²) in [4.78, 5) is 37.4. The Labute approximate surface area is 258 Å². The number of amides is 2. The molecule has 2 aliphatic carbocycles. The van der Waals surface area contributed by atoms with Gasteiger partial charge in [0.25, 0.3) is 5.91 Å². The molecule has 1 fully saturated rings. The van der Waals surface area contributed by atoms with Crippen LogP contribution in [0.25, 0.3) is 16.6 Å². The van der Waals surface area contributed by atoms with Crippen molar-refractivity contribution in [2.45, 2.75) is 38.0 Å². The number of fused-ring (bicyclic) bond motifs is 1. The number of nitrogens with one attached hydrogen (secondary N) is 2. The maximum Gasteiger partial charge on any atom is 0.307 e.